The van der Waals surface area contributed by atoms with E-state index in [1.165, 1.54) is 205 Å². The first-order valence-electron chi connectivity index (χ1n) is 39.0. The van der Waals surface area contributed by atoms with Crippen molar-refractivity contribution in [2.45, 2.75) is 407 Å². The highest BCUT2D eigenvalue weighted by Gasteiger charge is 2.30. The number of phosphoric acid groups is 2. The van der Waals surface area contributed by atoms with Crippen molar-refractivity contribution in [1.29, 1.82) is 0 Å². The topological polar surface area (TPSA) is 237 Å². The number of carbonyl (C=O) groups excluding carboxylic acids is 4. The van der Waals surface area contributed by atoms with E-state index in [1.54, 1.807) is 0 Å². The quantitative estimate of drug-likeness (QED) is 0.0222. The molecular formula is C75H146O17P2. The standard InChI is InChI=1S/C75H146O17P2/c1-7-9-11-13-15-17-18-25-29-33-40-46-52-58-73(78)86-64-70(91-74(79)59-53-47-41-34-30-27-24-22-20-19-21-23-26-28-32-37-43-49-55-67(3)4)65-89-93(81,82)87-61-69(76)62-88-94(83,84)90-66-71(63-85-72(77)57-51-45-39-31-16-14-12-10-8-2)92-75(80)60-54-48-42-36-35-38-44-50-56-68(5)6/h67-71,76H,7-66H2,1-6H3,(H,81,82)(H,83,84)/t69-,70-,71-/m1/s1. The molecule has 94 heavy (non-hydrogen) atoms. The van der Waals surface area contributed by atoms with Gasteiger partial charge in [-0.3, -0.25) is 37.3 Å². The van der Waals surface area contributed by atoms with Gasteiger partial charge >= 0.3 is 39.5 Å². The van der Waals surface area contributed by atoms with Crippen LogP contribution < -0.4 is 0 Å². The number of ether oxygens (including phenoxy) is 4. The number of aliphatic hydroxyl groups is 1. The van der Waals surface area contributed by atoms with Crippen LogP contribution in [0.1, 0.15) is 388 Å². The summed E-state index contributed by atoms with van der Waals surface area (Å²) < 4.78 is 68.4. The Morgan fingerprint density at radius 1 is 0.287 bits per heavy atom. The van der Waals surface area contributed by atoms with E-state index in [-0.39, 0.29) is 25.7 Å². The van der Waals surface area contributed by atoms with E-state index in [1.807, 2.05) is 0 Å². The van der Waals surface area contributed by atoms with E-state index in [2.05, 4.69) is 41.5 Å². The molecule has 3 N–H and O–H groups in total. The minimum atomic E-state index is -4.96. The van der Waals surface area contributed by atoms with Crippen molar-refractivity contribution >= 4 is 39.5 Å². The fourth-order valence-electron chi connectivity index (χ4n) is 11.5. The number of esters is 4. The summed E-state index contributed by atoms with van der Waals surface area (Å²) in [7, 11) is -9.90. The first-order valence-corrected chi connectivity index (χ1v) is 42.0. The van der Waals surface area contributed by atoms with Crippen LogP contribution >= 0.6 is 15.6 Å². The van der Waals surface area contributed by atoms with Crippen molar-refractivity contribution in [3.8, 4) is 0 Å². The Bertz CT molecular complexity index is 1820. The molecule has 0 spiro atoms. The summed E-state index contributed by atoms with van der Waals surface area (Å²) in [5.74, 6) is -0.581. The molecule has 0 amide bonds. The molecule has 0 saturated heterocycles. The molecule has 0 bridgehead atoms. The predicted octanol–water partition coefficient (Wildman–Crippen LogP) is 21.9. The van der Waals surface area contributed by atoms with Crippen molar-refractivity contribution < 1.29 is 80.2 Å². The molecule has 0 aromatic rings. The van der Waals surface area contributed by atoms with E-state index >= 15 is 0 Å². The number of phosphoric ester groups is 2. The van der Waals surface area contributed by atoms with Gasteiger partial charge in [-0.05, 0) is 37.5 Å². The Labute approximate surface area is 575 Å². The van der Waals surface area contributed by atoms with Crippen LogP contribution in [-0.2, 0) is 65.4 Å². The molecule has 0 heterocycles. The maximum atomic E-state index is 13.1. The molecular weight excluding hydrogens is 1230 g/mol. The number of unbranched alkanes of at least 4 members (excludes halogenated alkanes) is 44. The van der Waals surface area contributed by atoms with Crippen molar-refractivity contribution in [2.75, 3.05) is 39.6 Å². The Morgan fingerprint density at radius 3 is 0.723 bits per heavy atom. The Balaban J connectivity index is 5.18. The highest BCUT2D eigenvalue weighted by atomic mass is 31.2. The second kappa shape index (κ2) is 66.9. The number of hydrogen-bond donors (Lipinski definition) is 3. The lowest BCUT2D eigenvalue weighted by molar-refractivity contribution is -0.161. The monoisotopic (exact) mass is 1380 g/mol. The molecule has 5 atom stereocenters. The molecule has 0 aromatic heterocycles. The van der Waals surface area contributed by atoms with Crippen LogP contribution in [0, 0.1) is 11.8 Å². The van der Waals surface area contributed by atoms with Gasteiger partial charge in [0.2, 0.25) is 0 Å². The Morgan fingerprint density at radius 2 is 0.489 bits per heavy atom. The van der Waals surface area contributed by atoms with E-state index < -0.39 is 97.5 Å². The third-order valence-corrected chi connectivity index (χ3v) is 19.4. The molecule has 0 aromatic carbocycles. The maximum Gasteiger partial charge on any atom is 0.472 e. The highest BCUT2D eigenvalue weighted by Crippen LogP contribution is 2.45. The van der Waals surface area contributed by atoms with Gasteiger partial charge in [0.15, 0.2) is 12.2 Å². The number of aliphatic hydroxyl groups excluding tert-OH is 1. The first kappa shape index (κ1) is 92.1. The molecule has 0 saturated carbocycles. The third-order valence-electron chi connectivity index (χ3n) is 17.5. The van der Waals surface area contributed by atoms with Crippen LogP contribution in [0.2, 0.25) is 0 Å². The van der Waals surface area contributed by atoms with Gasteiger partial charge in [-0.2, -0.15) is 0 Å². The normalized spacial score (nSPS) is 14.0. The first-order chi connectivity index (χ1) is 45.4. The summed E-state index contributed by atoms with van der Waals surface area (Å²) in [5, 5.41) is 10.6. The summed E-state index contributed by atoms with van der Waals surface area (Å²) in [4.78, 5) is 72.7. The Hall–Kier alpha value is -1.94. The summed E-state index contributed by atoms with van der Waals surface area (Å²) in [6.07, 6.45) is 54.2. The van der Waals surface area contributed by atoms with Crippen LogP contribution in [0.5, 0.6) is 0 Å². The van der Waals surface area contributed by atoms with Gasteiger partial charge in [0, 0.05) is 25.7 Å². The van der Waals surface area contributed by atoms with Gasteiger partial charge in [-0.15, -0.1) is 0 Å². The smallest absolute Gasteiger partial charge is 0.462 e. The van der Waals surface area contributed by atoms with E-state index in [0.717, 1.165) is 102 Å². The minimum Gasteiger partial charge on any atom is -0.462 e. The fraction of sp³-hybridized carbons (Fsp3) is 0.947. The van der Waals surface area contributed by atoms with E-state index in [0.29, 0.717) is 25.7 Å². The highest BCUT2D eigenvalue weighted by molar-refractivity contribution is 7.47. The van der Waals surface area contributed by atoms with Gasteiger partial charge in [0.05, 0.1) is 26.4 Å². The zero-order chi connectivity index (χ0) is 69.3. The summed E-state index contributed by atoms with van der Waals surface area (Å²) in [5.41, 5.74) is 0. The summed E-state index contributed by atoms with van der Waals surface area (Å²) in [6, 6.07) is 0. The van der Waals surface area contributed by atoms with Crippen molar-refractivity contribution in [2.24, 2.45) is 11.8 Å². The summed E-state index contributed by atoms with van der Waals surface area (Å²) >= 11 is 0. The second-order valence-corrected chi connectivity index (χ2v) is 30.9. The predicted molar refractivity (Wildman–Crippen MR) is 381 cm³/mol. The third kappa shape index (κ3) is 68.6. The summed E-state index contributed by atoms with van der Waals surface area (Å²) in [6.45, 7) is 9.56. The van der Waals surface area contributed by atoms with Crippen LogP contribution in [0.15, 0.2) is 0 Å². The van der Waals surface area contributed by atoms with Crippen LogP contribution in [0.25, 0.3) is 0 Å². The van der Waals surface area contributed by atoms with Crippen LogP contribution in [-0.4, -0.2) is 96.7 Å². The average Bonchev–Trinajstić information content (AvgIpc) is 1.78. The lowest BCUT2D eigenvalue weighted by Crippen LogP contribution is -2.30. The van der Waals surface area contributed by atoms with E-state index in [4.69, 9.17) is 37.0 Å². The van der Waals surface area contributed by atoms with Crippen molar-refractivity contribution in [3.05, 3.63) is 0 Å². The molecule has 0 aliphatic rings. The zero-order valence-electron chi connectivity index (χ0n) is 61.3. The van der Waals surface area contributed by atoms with Crippen molar-refractivity contribution in [3.63, 3.8) is 0 Å². The lowest BCUT2D eigenvalue weighted by atomic mass is 10.0. The molecule has 0 aliphatic heterocycles. The number of carbonyl (C=O) groups is 4. The number of hydrogen-bond acceptors (Lipinski definition) is 15. The van der Waals surface area contributed by atoms with Gasteiger partial charge in [-0.1, -0.05) is 337 Å². The van der Waals surface area contributed by atoms with E-state index in [9.17, 15) is 43.2 Å². The lowest BCUT2D eigenvalue weighted by Gasteiger charge is -2.21. The zero-order valence-corrected chi connectivity index (χ0v) is 63.1. The fourth-order valence-corrected chi connectivity index (χ4v) is 13.1. The van der Waals surface area contributed by atoms with Gasteiger partial charge in [-0.25, -0.2) is 9.13 Å². The molecule has 558 valence electrons. The maximum absolute atomic E-state index is 13.1. The van der Waals surface area contributed by atoms with Gasteiger partial charge in [0.25, 0.3) is 0 Å². The average molecular weight is 1380 g/mol. The SMILES string of the molecule is CCCCCCCCCCCCCCCC(=O)OC[C@H](COP(=O)(O)OC[C@@H](O)COP(=O)(O)OC[C@@H](COC(=O)CCCCCCCCCCC)OC(=O)CCCCCCCCCCC(C)C)OC(=O)CCCCCCCCCCCCCCCCCCCCC(C)C. The molecule has 19 heteroatoms. The molecule has 0 radical (unpaired) electrons. The molecule has 17 nitrogen and oxygen atoms in total. The largest absolute Gasteiger partial charge is 0.472 e. The second-order valence-electron chi connectivity index (χ2n) is 28.0. The minimum absolute atomic E-state index is 0.105. The number of rotatable bonds is 74. The van der Waals surface area contributed by atoms with Crippen LogP contribution in [0.4, 0.5) is 0 Å². The molecule has 0 fully saturated rings. The molecule has 2 unspecified atom stereocenters. The molecule has 0 aliphatic carbocycles. The van der Waals surface area contributed by atoms with Crippen molar-refractivity contribution in [1.82, 2.24) is 0 Å². The van der Waals surface area contributed by atoms with Crippen LogP contribution in [0.3, 0.4) is 0 Å². The van der Waals surface area contributed by atoms with Gasteiger partial charge < -0.3 is 33.8 Å². The molecule has 0 rings (SSSR count). The van der Waals surface area contributed by atoms with Gasteiger partial charge in [0.1, 0.15) is 19.3 Å². The Kier molecular flexibility index (Phi) is 65.5.